The van der Waals surface area contributed by atoms with Gasteiger partial charge in [-0.15, -0.1) is 0 Å². The maximum absolute atomic E-state index is 14.4. The summed E-state index contributed by atoms with van der Waals surface area (Å²) >= 11 is 0.867. The number of methoxy groups -OCH3 is 3. The topological polar surface area (TPSA) is 79.1 Å². The number of aromatic nitrogens is 1. The summed E-state index contributed by atoms with van der Waals surface area (Å²) in [5, 5.41) is 0. The zero-order valence-electron chi connectivity index (χ0n) is 15.7. The molecular weight excluding hydrogens is 406 g/mol. The summed E-state index contributed by atoms with van der Waals surface area (Å²) in [6.07, 6.45) is 0. The van der Waals surface area contributed by atoms with E-state index in [4.69, 9.17) is 9.47 Å². The van der Waals surface area contributed by atoms with Gasteiger partial charge in [-0.1, -0.05) is 11.3 Å². The molecule has 0 N–H and O–H groups in total. The molecule has 10 heteroatoms. The molecular formula is C19H16F2N2O5S. The van der Waals surface area contributed by atoms with Gasteiger partial charge in [0.15, 0.2) is 10.6 Å². The van der Waals surface area contributed by atoms with Crippen molar-refractivity contribution in [2.45, 2.75) is 6.54 Å². The number of halogens is 2. The summed E-state index contributed by atoms with van der Waals surface area (Å²) < 4.78 is 44.3. The molecule has 0 aliphatic heterocycles. The number of benzene rings is 2. The lowest BCUT2D eigenvalue weighted by Crippen LogP contribution is -2.23. The Labute approximate surface area is 167 Å². The number of amides is 1. The third-order valence-electron chi connectivity index (χ3n) is 4.04. The standard InChI is InChI=1S/C19H16F2N2O5S/c1-26-11-4-5-14(27-2)12(8-11)18(25)22-19-23(9-16(24)28-3)17-13(21)6-10(20)7-15(17)29-19/h4-8H,9H2,1-3H3. The van der Waals surface area contributed by atoms with E-state index in [0.29, 0.717) is 11.8 Å². The molecule has 0 unspecified atom stereocenters. The SMILES string of the molecule is COC(=O)Cn1c(=NC(=O)c2cc(OC)ccc2OC)sc2cc(F)cc(F)c21. The van der Waals surface area contributed by atoms with Crippen molar-refractivity contribution in [1.82, 2.24) is 4.57 Å². The van der Waals surface area contributed by atoms with Gasteiger partial charge in [0.05, 0.1) is 37.1 Å². The lowest BCUT2D eigenvalue weighted by molar-refractivity contribution is -0.141. The Morgan fingerprint density at radius 2 is 1.86 bits per heavy atom. The molecule has 0 spiro atoms. The highest BCUT2D eigenvalue weighted by Crippen LogP contribution is 2.26. The molecule has 1 amide bonds. The summed E-state index contributed by atoms with van der Waals surface area (Å²) in [5.41, 5.74) is 0.0616. The molecule has 1 heterocycles. The molecule has 2 aromatic carbocycles. The number of fused-ring (bicyclic) bond motifs is 1. The van der Waals surface area contributed by atoms with Crippen molar-refractivity contribution in [2.75, 3.05) is 21.3 Å². The second kappa shape index (κ2) is 8.39. The number of ether oxygens (including phenoxy) is 3. The van der Waals surface area contributed by atoms with Crippen molar-refractivity contribution in [3.05, 3.63) is 52.3 Å². The van der Waals surface area contributed by atoms with E-state index >= 15 is 0 Å². The van der Waals surface area contributed by atoms with Crippen molar-refractivity contribution >= 4 is 33.4 Å². The van der Waals surface area contributed by atoms with E-state index in [1.54, 1.807) is 12.1 Å². The van der Waals surface area contributed by atoms with E-state index in [-0.39, 0.29) is 26.3 Å². The lowest BCUT2D eigenvalue weighted by Gasteiger charge is -2.07. The molecule has 0 fully saturated rings. The van der Waals surface area contributed by atoms with Gasteiger partial charge in [-0.25, -0.2) is 8.78 Å². The number of esters is 1. The minimum Gasteiger partial charge on any atom is -0.497 e. The first-order valence-corrected chi connectivity index (χ1v) is 9.06. The van der Waals surface area contributed by atoms with Gasteiger partial charge in [0.25, 0.3) is 5.91 Å². The van der Waals surface area contributed by atoms with E-state index in [9.17, 15) is 18.4 Å². The summed E-state index contributed by atoms with van der Waals surface area (Å²) in [4.78, 5) is 28.6. The summed E-state index contributed by atoms with van der Waals surface area (Å²) in [6, 6.07) is 6.41. The quantitative estimate of drug-likeness (QED) is 0.591. The van der Waals surface area contributed by atoms with E-state index < -0.39 is 30.1 Å². The van der Waals surface area contributed by atoms with Crippen molar-refractivity contribution in [3.63, 3.8) is 0 Å². The average molecular weight is 422 g/mol. The maximum Gasteiger partial charge on any atom is 0.325 e. The number of hydrogen-bond acceptors (Lipinski definition) is 6. The summed E-state index contributed by atoms with van der Waals surface area (Å²) in [7, 11) is 4.02. The zero-order valence-corrected chi connectivity index (χ0v) is 16.5. The monoisotopic (exact) mass is 422 g/mol. The van der Waals surface area contributed by atoms with Crippen LogP contribution in [0, 0.1) is 11.6 Å². The van der Waals surface area contributed by atoms with E-state index in [1.807, 2.05) is 0 Å². The molecule has 0 saturated carbocycles. The van der Waals surface area contributed by atoms with Crippen LogP contribution >= 0.6 is 11.3 Å². The van der Waals surface area contributed by atoms with Crippen LogP contribution in [-0.2, 0) is 16.1 Å². The number of carbonyl (C=O) groups is 2. The van der Waals surface area contributed by atoms with Crippen LogP contribution in [0.25, 0.3) is 10.2 Å². The Morgan fingerprint density at radius 1 is 1.10 bits per heavy atom. The zero-order chi connectivity index (χ0) is 21.1. The van der Waals surface area contributed by atoms with Crippen molar-refractivity contribution < 1.29 is 32.6 Å². The maximum atomic E-state index is 14.4. The summed E-state index contributed by atoms with van der Waals surface area (Å²) in [6.45, 7) is -0.402. The fourth-order valence-electron chi connectivity index (χ4n) is 2.68. The van der Waals surface area contributed by atoms with E-state index in [2.05, 4.69) is 9.73 Å². The second-order valence-electron chi connectivity index (χ2n) is 5.76. The molecule has 0 aliphatic carbocycles. The van der Waals surface area contributed by atoms with Crippen LogP contribution in [0.3, 0.4) is 0 Å². The van der Waals surface area contributed by atoms with Crippen LogP contribution in [0.15, 0.2) is 35.3 Å². The van der Waals surface area contributed by atoms with Gasteiger partial charge in [0.2, 0.25) is 0 Å². The smallest absolute Gasteiger partial charge is 0.325 e. The van der Waals surface area contributed by atoms with Crippen LogP contribution in [0.5, 0.6) is 11.5 Å². The van der Waals surface area contributed by atoms with Crippen molar-refractivity contribution in [2.24, 2.45) is 4.99 Å². The largest absolute Gasteiger partial charge is 0.497 e. The average Bonchev–Trinajstić information content (AvgIpc) is 3.03. The van der Waals surface area contributed by atoms with Crippen LogP contribution in [0.2, 0.25) is 0 Å². The van der Waals surface area contributed by atoms with E-state index in [1.165, 1.54) is 32.0 Å². The first-order chi connectivity index (χ1) is 13.9. The molecule has 3 rings (SSSR count). The van der Waals surface area contributed by atoms with Gasteiger partial charge in [0, 0.05) is 6.07 Å². The first-order valence-electron chi connectivity index (χ1n) is 8.24. The Hall–Kier alpha value is -3.27. The third-order valence-corrected chi connectivity index (χ3v) is 5.07. The van der Waals surface area contributed by atoms with Gasteiger partial charge in [-0.05, 0) is 24.3 Å². The predicted octanol–water partition coefficient (Wildman–Crippen LogP) is 2.91. The number of rotatable bonds is 5. The molecule has 7 nitrogen and oxygen atoms in total. The number of thiazole rings is 1. The molecule has 0 saturated heterocycles. The van der Waals surface area contributed by atoms with Crippen molar-refractivity contribution in [1.29, 1.82) is 0 Å². The molecule has 1 aromatic heterocycles. The number of carbonyl (C=O) groups excluding carboxylic acids is 2. The molecule has 29 heavy (non-hydrogen) atoms. The van der Waals surface area contributed by atoms with Crippen LogP contribution in [-0.4, -0.2) is 37.8 Å². The van der Waals surface area contributed by atoms with Gasteiger partial charge in [-0.3, -0.25) is 9.59 Å². The fraction of sp³-hybridized carbons (Fsp3) is 0.211. The Morgan fingerprint density at radius 3 is 2.52 bits per heavy atom. The minimum absolute atomic E-state index is 0.00442. The van der Waals surface area contributed by atoms with Crippen LogP contribution < -0.4 is 14.3 Å². The Bertz CT molecular complexity index is 1170. The minimum atomic E-state index is -0.881. The van der Waals surface area contributed by atoms with Gasteiger partial charge >= 0.3 is 5.97 Å². The molecule has 0 aliphatic rings. The van der Waals surface area contributed by atoms with Crippen LogP contribution in [0.1, 0.15) is 10.4 Å². The molecule has 3 aromatic rings. The molecule has 0 radical (unpaired) electrons. The predicted molar refractivity (Wildman–Crippen MR) is 101 cm³/mol. The fourth-order valence-corrected chi connectivity index (χ4v) is 3.75. The molecule has 152 valence electrons. The van der Waals surface area contributed by atoms with Crippen molar-refractivity contribution in [3.8, 4) is 11.5 Å². The Balaban J connectivity index is 2.22. The molecule has 0 bridgehead atoms. The highest BCUT2D eigenvalue weighted by Gasteiger charge is 2.18. The normalized spacial score (nSPS) is 11.6. The number of nitrogens with zero attached hydrogens (tertiary/aromatic N) is 2. The van der Waals surface area contributed by atoms with Gasteiger partial charge in [-0.2, -0.15) is 4.99 Å². The lowest BCUT2D eigenvalue weighted by atomic mass is 10.2. The third kappa shape index (κ3) is 4.11. The van der Waals surface area contributed by atoms with Gasteiger partial charge in [0.1, 0.15) is 23.9 Å². The summed E-state index contributed by atoms with van der Waals surface area (Å²) in [5.74, 6) is -2.37. The van der Waals surface area contributed by atoms with Gasteiger partial charge < -0.3 is 18.8 Å². The highest BCUT2D eigenvalue weighted by atomic mass is 32.1. The van der Waals surface area contributed by atoms with E-state index in [0.717, 1.165) is 17.4 Å². The second-order valence-corrected chi connectivity index (χ2v) is 6.77. The highest BCUT2D eigenvalue weighted by molar-refractivity contribution is 7.16. The molecule has 0 atom stereocenters. The number of hydrogen-bond donors (Lipinski definition) is 0. The van der Waals surface area contributed by atoms with Crippen LogP contribution in [0.4, 0.5) is 8.78 Å². The Kier molecular flexibility index (Phi) is 5.92. The first kappa shape index (κ1) is 20.5.